The molecule has 0 aliphatic carbocycles. The first-order valence-corrected chi connectivity index (χ1v) is 19.5. The molecule has 1 saturated heterocycles. The third-order valence-corrected chi connectivity index (χ3v) is 16.0. The van der Waals surface area contributed by atoms with E-state index in [1.54, 1.807) is 36.9 Å². The standard InChI is InChI=1S/C31H29FIN9OS/c1-19-27(20(2)40-33(19,3)22-6-8-34-9-7-22)24-16-21-18-37-30(39-28(21)42(29(24)43)31-36-12-15-44-31)38-23-4-5-26(25(32)17-23)41-13-10-35-11-14-41/h4-9,12,15-18,35H,3,10-11,13-14H2,1-2H3,(H,37,38,39). The maximum atomic E-state index is 15.1. The molecule has 0 bridgehead atoms. The van der Waals surface area contributed by atoms with Crippen molar-refractivity contribution in [3.8, 4) is 5.13 Å². The van der Waals surface area contributed by atoms with Crippen molar-refractivity contribution in [2.24, 2.45) is 3.21 Å². The van der Waals surface area contributed by atoms with E-state index in [1.165, 1.54) is 22.0 Å². The Kier molecular flexibility index (Phi) is 7.38. The van der Waals surface area contributed by atoms with Gasteiger partial charge in [-0.3, -0.25) is 0 Å². The number of thiazole rings is 1. The van der Waals surface area contributed by atoms with Gasteiger partial charge < -0.3 is 10.2 Å². The van der Waals surface area contributed by atoms with E-state index in [2.05, 4.69) is 30.1 Å². The Morgan fingerprint density at radius 1 is 1.07 bits per heavy atom. The molecule has 1 atom stereocenters. The SMILES string of the molecule is C=I1(c2ccncc2)N=C(C)C(c2cc3cnc(Nc4ccc(N5CCNCC5)c(F)c4)nc3n(-c3nccs3)c2=O)=C1C. The van der Waals surface area contributed by atoms with E-state index in [-0.39, 0.29) is 17.3 Å². The van der Waals surface area contributed by atoms with Gasteiger partial charge in [0, 0.05) is 26.2 Å². The summed E-state index contributed by atoms with van der Waals surface area (Å²) < 4.78 is 28.4. The molecule has 1 unspecified atom stereocenters. The molecule has 1 aromatic carbocycles. The molecule has 0 amide bonds. The predicted octanol–water partition coefficient (Wildman–Crippen LogP) is 5.39. The van der Waals surface area contributed by atoms with Gasteiger partial charge >= 0.3 is 215 Å². The van der Waals surface area contributed by atoms with Crippen LogP contribution in [-0.4, -0.2) is 60.9 Å². The molecule has 2 N–H and O–H groups in total. The second-order valence-electron chi connectivity index (χ2n) is 10.4. The minimum absolute atomic E-state index is 0.238. The van der Waals surface area contributed by atoms with Gasteiger partial charge in [0.15, 0.2) is 0 Å². The molecule has 13 heteroatoms. The Morgan fingerprint density at radius 3 is 2.59 bits per heavy atom. The zero-order chi connectivity index (χ0) is 30.4. The van der Waals surface area contributed by atoms with Crippen LogP contribution >= 0.6 is 29.6 Å². The molecule has 10 nitrogen and oxygen atoms in total. The van der Waals surface area contributed by atoms with Gasteiger partial charge in [0.2, 0.25) is 0 Å². The van der Waals surface area contributed by atoms with Gasteiger partial charge in [-0.15, -0.1) is 0 Å². The number of aromatic nitrogens is 5. The number of allylic oxidation sites excluding steroid dienone is 2. The van der Waals surface area contributed by atoms with Crippen LogP contribution in [0.5, 0.6) is 0 Å². The van der Waals surface area contributed by atoms with Crippen molar-refractivity contribution in [2.75, 3.05) is 36.4 Å². The first kappa shape index (κ1) is 28.6. The second-order valence-corrected chi connectivity index (χ2v) is 18.3. The van der Waals surface area contributed by atoms with Crippen LogP contribution in [0.3, 0.4) is 0 Å². The van der Waals surface area contributed by atoms with Crippen LogP contribution in [-0.2, 0) is 0 Å². The summed E-state index contributed by atoms with van der Waals surface area (Å²) in [7, 11) is 0. The molecule has 0 saturated carbocycles. The summed E-state index contributed by atoms with van der Waals surface area (Å²) in [6, 6.07) is 10.8. The summed E-state index contributed by atoms with van der Waals surface area (Å²) in [5.74, 6) is -0.0838. The molecule has 2 aliphatic rings. The fourth-order valence-electron chi connectivity index (χ4n) is 5.58. The summed E-state index contributed by atoms with van der Waals surface area (Å²) in [5.41, 5.74) is 3.32. The molecular weight excluding hydrogens is 692 g/mol. The van der Waals surface area contributed by atoms with E-state index >= 15 is 4.39 Å². The van der Waals surface area contributed by atoms with Crippen LogP contribution in [0.4, 0.5) is 21.7 Å². The van der Waals surface area contributed by atoms with Crippen LogP contribution < -0.4 is 21.1 Å². The Balaban J connectivity index is 1.31. The Hall–Kier alpha value is -4.21. The van der Waals surface area contributed by atoms with Crippen LogP contribution in [0.15, 0.2) is 78.1 Å². The van der Waals surface area contributed by atoms with Crippen LogP contribution in [0, 0.1) is 9.39 Å². The van der Waals surface area contributed by atoms with Crippen molar-refractivity contribution in [1.29, 1.82) is 0 Å². The van der Waals surface area contributed by atoms with Crippen LogP contribution in [0.1, 0.15) is 19.4 Å². The van der Waals surface area contributed by atoms with Crippen LogP contribution in [0.2, 0.25) is 0 Å². The number of benzene rings is 1. The number of pyridine rings is 2. The van der Waals surface area contributed by atoms with Gasteiger partial charge in [-0.25, -0.2) is 4.39 Å². The number of piperazine rings is 1. The van der Waals surface area contributed by atoms with Crippen LogP contribution in [0.25, 0.3) is 21.7 Å². The Bertz CT molecular complexity index is 2070. The normalized spacial score (nSPS) is 20.1. The average Bonchev–Trinajstić information content (AvgIpc) is 3.64. The number of hydrogen-bond donors (Lipinski definition) is 2. The van der Waals surface area contributed by atoms with Crippen molar-refractivity contribution < 1.29 is 4.39 Å². The van der Waals surface area contributed by atoms with Crippen molar-refractivity contribution in [3.63, 3.8) is 0 Å². The van der Waals surface area contributed by atoms with Gasteiger partial charge in [0.05, 0.1) is 5.69 Å². The predicted molar refractivity (Wildman–Crippen MR) is 185 cm³/mol. The Morgan fingerprint density at radius 2 is 1.86 bits per heavy atom. The van der Waals surface area contributed by atoms with Gasteiger partial charge in [-0.05, 0) is 0 Å². The molecule has 224 valence electrons. The van der Waals surface area contributed by atoms with E-state index < -0.39 is 18.2 Å². The maximum absolute atomic E-state index is 15.1. The molecule has 7 rings (SSSR count). The Labute approximate surface area is 260 Å². The van der Waals surface area contributed by atoms with E-state index in [0.717, 1.165) is 44.6 Å². The molecule has 44 heavy (non-hydrogen) atoms. The molecule has 1 fully saturated rings. The van der Waals surface area contributed by atoms with E-state index in [0.29, 0.717) is 33.1 Å². The monoisotopic (exact) mass is 721 g/mol. The van der Waals surface area contributed by atoms with E-state index in [4.69, 9.17) is 8.19 Å². The summed E-state index contributed by atoms with van der Waals surface area (Å²) in [5, 5.41) is 9.35. The first-order valence-electron chi connectivity index (χ1n) is 14.0. The van der Waals surface area contributed by atoms with Gasteiger partial charge in [-0.1, -0.05) is 0 Å². The zero-order valence-corrected chi connectivity index (χ0v) is 27.1. The molecule has 5 aromatic rings. The van der Waals surface area contributed by atoms with Crippen molar-refractivity contribution in [2.45, 2.75) is 13.8 Å². The molecule has 6 heterocycles. The number of rotatable bonds is 6. The van der Waals surface area contributed by atoms with Gasteiger partial charge in [0.1, 0.15) is 0 Å². The summed E-state index contributed by atoms with van der Waals surface area (Å²) in [6.45, 7) is 7.10. The van der Waals surface area contributed by atoms with Crippen molar-refractivity contribution in [3.05, 3.63) is 95.5 Å². The fourth-order valence-corrected chi connectivity index (χ4v) is 12.4. The van der Waals surface area contributed by atoms with E-state index in [9.17, 15) is 4.79 Å². The van der Waals surface area contributed by atoms with Crippen molar-refractivity contribution in [1.82, 2.24) is 29.8 Å². The number of anilines is 3. The van der Waals surface area contributed by atoms with Gasteiger partial charge in [0.25, 0.3) is 0 Å². The van der Waals surface area contributed by atoms with Gasteiger partial charge in [-0.2, -0.15) is 0 Å². The molecular formula is C31H29FIN9OS. The number of fused-ring (bicyclic) bond motifs is 1. The third kappa shape index (κ3) is 4.94. The number of nitrogens with one attached hydrogen (secondary N) is 2. The summed E-state index contributed by atoms with van der Waals surface area (Å²) in [6.07, 6.45) is 6.83. The number of nitrogens with zero attached hydrogens (tertiary/aromatic N) is 7. The summed E-state index contributed by atoms with van der Waals surface area (Å²) in [4.78, 5) is 34.2. The van der Waals surface area contributed by atoms with Crippen molar-refractivity contribution >= 4 is 73.7 Å². The molecule has 0 radical (unpaired) electrons. The molecule has 2 aliphatic heterocycles. The fraction of sp³-hybridized carbons (Fsp3) is 0.194. The minimum atomic E-state index is -3.22. The number of halogens is 2. The average molecular weight is 722 g/mol. The quantitative estimate of drug-likeness (QED) is 0.225. The topological polar surface area (TPSA) is 113 Å². The second kappa shape index (κ2) is 11.4. The molecule has 4 aromatic heterocycles. The number of hydrogen-bond acceptors (Lipinski definition) is 10. The third-order valence-electron chi connectivity index (χ3n) is 7.73. The molecule has 0 spiro atoms. The first-order chi connectivity index (χ1) is 21.3. The zero-order valence-electron chi connectivity index (χ0n) is 24.1. The summed E-state index contributed by atoms with van der Waals surface area (Å²) >= 11 is -1.88. The van der Waals surface area contributed by atoms with E-state index in [1.807, 2.05) is 42.3 Å².